The molecule has 16 heavy (non-hydrogen) atoms. The molecule has 1 heterocycles. The average Bonchev–Trinajstić information content (AvgIpc) is 2.31. The van der Waals surface area contributed by atoms with Gasteiger partial charge in [0.1, 0.15) is 5.03 Å². The van der Waals surface area contributed by atoms with Crippen LogP contribution in [0.25, 0.3) is 0 Å². The zero-order valence-corrected chi connectivity index (χ0v) is 10.2. The van der Waals surface area contributed by atoms with E-state index in [-0.39, 0.29) is 5.92 Å². The van der Waals surface area contributed by atoms with Crippen molar-refractivity contribution in [3.63, 3.8) is 0 Å². The molecule has 1 aromatic heterocycles. The molecule has 2 rings (SSSR count). The van der Waals surface area contributed by atoms with Crippen LogP contribution in [0, 0.1) is 23.2 Å². The van der Waals surface area contributed by atoms with Gasteiger partial charge in [0, 0.05) is 17.6 Å². The van der Waals surface area contributed by atoms with Crippen molar-refractivity contribution in [2.75, 3.05) is 0 Å². The Hall–Kier alpha value is -1.08. The molecule has 1 aromatic rings. The third-order valence-electron chi connectivity index (χ3n) is 3.03. The molecule has 0 radical (unpaired) electrons. The van der Waals surface area contributed by atoms with Crippen LogP contribution in [0.1, 0.15) is 26.2 Å². The summed E-state index contributed by atoms with van der Waals surface area (Å²) in [4.78, 5) is 8.31. The first-order valence-corrected chi connectivity index (χ1v) is 6.50. The standard InChI is InChI=1S/C12H15N3S/c1-9-2-3-10(7-13)11(6-9)16-12-8-14-4-5-15-12/h4-5,8-11H,2-3,6H2,1H3. The minimum Gasteiger partial charge on any atom is -0.260 e. The van der Waals surface area contributed by atoms with E-state index in [0.29, 0.717) is 5.25 Å². The van der Waals surface area contributed by atoms with E-state index in [1.54, 1.807) is 30.4 Å². The topological polar surface area (TPSA) is 49.6 Å². The van der Waals surface area contributed by atoms with E-state index in [1.807, 2.05) is 0 Å². The molecule has 3 nitrogen and oxygen atoms in total. The SMILES string of the molecule is CC1CCC(C#N)C(Sc2cnccn2)C1. The van der Waals surface area contributed by atoms with Crippen molar-refractivity contribution in [1.82, 2.24) is 9.97 Å². The Bertz CT molecular complexity index is 374. The highest BCUT2D eigenvalue weighted by Gasteiger charge is 2.29. The molecule has 0 aromatic carbocycles. The van der Waals surface area contributed by atoms with Crippen molar-refractivity contribution in [3.8, 4) is 6.07 Å². The van der Waals surface area contributed by atoms with Gasteiger partial charge in [-0.1, -0.05) is 6.92 Å². The van der Waals surface area contributed by atoms with Crippen LogP contribution in [0.5, 0.6) is 0 Å². The van der Waals surface area contributed by atoms with Gasteiger partial charge in [-0.3, -0.25) is 4.98 Å². The maximum absolute atomic E-state index is 9.13. The second-order valence-corrected chi connectivity index (χ2v) is 5.61. The van der Waals surface area contributed by atoms with Crippen LogP contribution in [0.2, 0.25) is 0 Å². The lowest BCUT2D eigenvalue weighted by Gasteiger charge is -2.29. The minimum absolute atomic E-state index is 0.170. The molecule has 0 bridgehead atoms. The Balaban J connectivity index is 2.04. The zero-order chi connectivity index (χ0) is 11.4. The molecule has 0 aliphatic heterocycles. The summed E-state index contributed by atoms with van der Waals surface area (Å²) in [6.07, 6.45) is 8.47. The van der Waals surface area contributed by atoms with Crippen molar-refractivity contribution >= 4 is 11.8 Å². The number of nitrogens with zero attached hydrogens (tertiary/aromatic N) is 3. The Morgan fingerprint density at radius 1 is 1.44 bits per heavy atom. The van der Waals surface area contributed by atoms with E-state index < -0.39 is 0 Å². The smallest absolute Gasteiger partial charge is 0.115 e. The number of nitriles is 1. The Labute approximate surface area is 100 Å². The van der Waals surface area contributed by atoms with Crippen molar-refractivity contribution in [3.05, 3.63) is 18.6 Å². The first kappa shape index (κ1) is 11.4. The molecule has 1 fully saturated rings. The van der Waals surface area contributed by atoms with Crippen LogP contribution in [0.15, 0.2) is 23.6 Å². The highest BCUT2D eigenvalue weighted by Crippen LogP contribution is 2.38. The van der Waals surface area contributed by atoms with Crippen molar-refractivity contribution in [2.24, 2.45) is 11.8 Å². The van der Waals surface area contributed by atoms with E-state index >= 15 is 0 Å². The summed E-state index contributed by atoms with van der Waals surface area (Å²) < 4.78 is 0. The van der Waals surface area contributed by atoms with Crippen LogP contribution in [-0.2, 0) is 0 Å². The van der Waals surface area contributed by atoms with E-state index in [0.717, 1.165) is 23.8 Å². The molecule has 1 aliphatic rings. The van der Waals surface area contributed by atoms with Gasteiger partial charge in [0.2, 0.25) is 0 Å². The normalized spacial score (nSPS) is 29.6. The second-order valence-electron chi connectivity index (χ2n) is 4.35. The lowest BCUT2D eigenvalue weighted by Crippen LogP contribution is -2.25. The van der Waals surface area contributed by atoms with Crippen molar-refractivity contribution < 1.29 is 0 Å². The highest BCUT2D eigenvalue weighted by atomic mass is 32.2. The molecule has 4 heteroatoms. The molecular formula is C12H15N3S. The van der Waals surface area contributed by atoms with E-state index in [4.69, 9.17) is 5.26 Å². The number of hydrogen-bond acceptors (Lipinski definition) is 4. The van der Waals surface area contributed by atoms with Gasteiger partial charge >= 0.3 is 0 Å². The third-order valence-corrected chi connectivity index (χ3v) is 4.31. The van der Waals surface area contributed by atoms with Crippen LogP contribution in [-0.4, -0.2) is 15.2 Å². The van der Waals surface area contributed by atoms with Gasteiger partial charge in [-0.05, 0) is 25.2 Å². The number of thioether (sulfide) groups is 1. The summed E-state index contributed by atoms with van der Waals surface area (Å²) in [5.74, 6) is 0.891. The van der Waals surface area contributed by atoms with Crippen molar-refractivity contribution in [1.29, 1.82) is 5.26 Å². The van der Waals surface area contributed by atoms with E-state index in [1.165, 1.54) is 6.42 Å². The molecule has 0 amide bonds. The van der Waals surface area contributed by atoms with Gasteiger partial charge in [0.05, 0.1) is 18.2 Å². The Morgan fingerprint density at radius 2 is 2.31 bits per heavy atom. The van der Waals surface area contributed by atoms with Gasteiger partial charge in [-0.25, -0.2) is 4.98 Å². The van der Waals surface area contributed by atoms with Crippen LogP contribution >= 0.6 is 11.8 Å². The van der Waals surface area contributed by atoms with Gasteiger partial charge in [0.25, 0.3) is 0 Å². The summed E-state index contributed by atoms with van der Waals surface area (Å²) in [5, 5.41) is 10.4. The van der Waals surface area contributed by atoms with Gasteiger partial charge in [-0.2, -0.15) is 5.26 Å². The minimum atomic E-state index is 0.170. The van der Waals surface area contributed by atoms with E-state index in [9.17, 15) is 0 Å². The predicted molar refractivity (Wildman–Crippen MR) is 63.8 cm³/mol. The zero-order valence-electron chi connectivity index (χ0n) is 9.34. The fraction of sp³-hybridized carbons (Fsp3) is 0.583. The summed E-state index contributed by atoms with van der Waals surface area (Å²) in [7, 11) is 0. The van der Waals surface area contributed by atoms with E-state index in [2.05, 4.69) is 23.0 Å². The number of rotatable bonds is 2. The predicted octanol–water partition coefficient (Wildman–Crippen LogP) is 2.90. The molecule has 0 spiro atoms. The molecule has 0 saturated heterocycles. The summed E-state index contributed by atoms with van der Waals surface area (Å²) in [6, 6.07) is 2.43. The van der Waals surface area contributed by atoms with Crippen LogP contribution in [0.3, 0.4) is 0 Å². The summed E-state index contributed by atoms with van der Waals surface area (Å²) in [6.45, 7) is 2.26. The maximum Gasteiger partial charge on any atom is 0.115 e. The molecule has 1 aliphatic carbocycles. The Kier molecular flexibility index (Phi) is 3.79. The third kappa shape index (κ3) is 2.73. The fourth-order valence-electron chi connectivity index (χ4n) is 2.11. The molecule has 1 saturated carbocycles. The molecule has 84 valence electrons. The summed E-state index contributed by atoms with van der Waals surface area (Å²) >= 11 is 1.70. The largest absolute Gasteiger partial charge is 0.260 e. The molecular weight excluding hydrogens is 218 g/mol. The molecule has 0 N–H and O–H groups in total. The molecule has 3 atom stereocenters. The van der Waals surface area contributed by atoms with Crippen molar-refractivity contribution in [2.45, 2.75) is 36.5 Å². The quantitative estimate of drug-likeness (QED) is 0.788. The monoisotopic (exact) mass is 233 g/mol. The number of hydrogen-bond donors (Lipinski definition) is 0. The first-order chi connectivity index (χ1) is 7.79. The summed E-state index contributed by atoms with van der Waals surface area (Å²) in [5.41, 5.74) is 0. The van der Waals surface area contributed by atoms with Gasteiger partial charge in [0.15, 0.2) is 0 Å². The fourth-order valence-corrected chi connectivity index (χ4v) is 3.45. The Morgan fingerprint density at radius 3 is 3.00 bits per heavy atom. The van der Waals surface area contributed by atoms with Crippen LogP contribution in [0.4, 0.5) is 0 Å². The number of aromatic nitrogens is 2. The maximum atomic E-state index is 9.13. The highest BCUT2D eigenvalue weighted by molar-refractivity contribution is 7.99. The van der Waals surface area contributed by atoms with Gasteiger partial charge < -0.3 is 0 Å². The lowest BCUT2D eigenvalue weighted by molar-refractivity contribution is 0.345. The lowest BCUT2D eigenvalue weighted by atomic mass is 9.83. The van der Waals surface area contributed by atoms with Crippen LogP contribution < -0.4 is 0 Å². The first-order valence-electron chi connectivity index (χ1n) is 5.62. The second kappa shape index (κ2) is 5.31. The van der Waals surface area contributed by atoms with Gasteiger partial charge in [-0.15, -0.1) is 11.8 Å². The molecule has 3 unspecified atom stereocenters. The average molecular weight is 233 g/mol.